The van der Waals surface area contributed by atoms with Crippen LogP contribution in [0, 0.1) is 13.8 Å². The molecule has 0 bridgehead atoms. The van der Waals surface area contributed by atoms with Crippen LogP contribution in [0.3, 0.4) is 0 Å². The Kier molecular flexibility index (Phi) is 7.40. The van der Waals surface area contributed by atoms with E-state index >= 15 is 0 Å². The highest BCUT2D eigenvalue weighted by molar-refractivity contribution is 6.13. The normalized spacial score (nSPS) is 21.2. The molecule has 3 amide bonds. The zero-order valence-corrected chi connectivity index (χ0v) is 23.2. The first-order chi connectivity index (χ1) is 19.5. The number of fused-ring (bicyclic) bond motifs is 1. The number of phenols is 1. The highest BCUT2D eigenvalue weighted by Gasteiger charge is 2.69. The molecule has 9 nitrogen and oxygen atoms in total. The summed E-state index contributed by atoms with van der Waals surface area (Å²) < 4.78 is 0. The van der Waals surface area contributed by atoms with Crippen molar-refractivity contribution in [2.45, 2.75) is 57.5 Å². The molecule has 2 aliphatic heterocycles. The molecule has 212 valence electrons. The summed E-state index contributed by atoms with van der Waals surface area (Å²) in [7, 11) is 0. The molecule has 0 radical (unpaired) electrons. The van der Waals surface area contributed by atoms with Crippen LogP contribution in [0.1, 0.15) is 39.5 Å². The fraction of sp³-hybridized carbons (Fsp3) is 0.312. The first-order valence-corrected chi connectivity index (χ1v) is 13.5. The van der Waals surface area contributed by atoms with Gasteiger partial charge in [0.05, 0.1) is 12.6 Å². The number of aliphatic hydroxyl groups is 1. The van der Waals surface area contributed by atoms with Crippen LogP contribution in [-0.2, 0) is 27.3 Å². The van der Waals surface area contributed by atoms with E-state index in [1.54, 1.807) is 19.9 Å². The van der Waals surface area contributed by atoms with Gasteiger partial charge < -0.3 is 25.3 Å². The van der Waals surface area contributed by atoms with Crippen LogP contribution < -0.4 is 5.32 Å². The van der Waals surface area contributed by atoms with E-state index in [1.807, 2.05) is 61.5 Å². The SMILES string of the molecule is Cc1ccccc1CN1C(=O)[C@H]2N(C(=O)[C@@H](O)C(Cc3ccccc3)NC(=O)c3cccc(O)c3C)CC(=O)C21C. The first-order valence-electron chi connectivity index (χ1n) is 13.5. The molecule has 3 aromatic carbocycles. The summed E-state index contributed by atoms with van der Waals surface area (Å²) in [6.07, 6.45) is -1.61. The number of likely N-dealkylation sites (tertiary alicyclic amines) is 2. The summed E-state index contributed by atoms with van der Waals surface area (Å²) in [6.45, 7) is 5.11. The summed E-state index contributed by atoms with van der Waals surface area (Å²) in [4.78, 5) is 56.2. The van der Waals surface area contributed by atoms with Gasteiger partial charge in [-0.1, -0.05) is 60.7 Å². The molecule has 2 heterocycles. The predicted octanol–water partition coefficient (Wildman–Crippen LogP) is 2.29. The minimum atomic E-state index is -1.73. The van der Waals surface area contributed by atoms with Gasteiger partial charge >= 0.3 is 0 Å². The van der Waals surface area contributed by atoms with Gasteiger partial charge in [0.1, 0.15) is 17.3 Å². The number of carbonyl (C=O) groups excluding carboxylic acids is 4. The average molecular weight is 556 g/mol. The number of benzene rings is 3. The average Bonchev–Trinajstić information content (AvgIpc) is 3.20. The molecule has 3 N–H and O–H groups in total. The molecule has 2 fully saturated rings. The summed E-state index contributed by atoms with van der Waals surface area (Å²) in [5, 5.41) is 24.2. The molecular formula is C32H33N3O6. The molecule has 2 saturated heterocycles. The maximum Gasteiger partial charge on any atom is 0.254 e. The predicted molar refractivity (Wildman–Crippen MR) is 151 cm³/mol. The van der Waals surface area contributed by atoms with Crippen LogP contribution >= 0.6 is 0 Å². The fourth-order valence-corrected chi connectivity index (χ4v) is 5.82. The van der Waals surface area contributed by atoms with Gasteiger partial charge in [-0.05, 0) is 56.0 Å². The number of nitrogens with zero attached hydrogens (tertiary/aromatic N) is 2. The van der Waals surface area contributed by atoms with E-state index in [2.05, 4.69) is 5.32 Å². The van der Waals surface area contributed by atoms with Crippen LogP contribution in [0.15, 0.2) is 72.8 Å². The van der Waals surface area contributed by atoms with Gasteiger partial charge in [0, 0.05) is 17.7 Å². The van der Waals surface area contributed by atoms with Crippen molar-refractivity contribution >= 4 is 23.5 Å². The van der Waals surface area contributed by atoms with Crippen LogP contribution in [-0.4, -0.2) is 73.8 Å². The summed E-state index contributed by atoms with van der Waals surface area (Å²) in [5.74, 6) is -2.07. The van der Waals surface area contributed by atoms with Crippen LogP contribution in [0.2, 0.25) is 0 Å². The number of hydrogen-bond donors (Lipinski definition) is 3. The number of ketones is 1. The Morgan fingerprint density at radius 1 is 1.00 bits per heavy atom. The van der Waals surface area contributed by atoms with E-state index in [-0.39, 0.29) is 42.5 Å². The molecule has 3 aromatic rings. The number of nitrogens with one attached hydrogen (secondary N) is 1. The topological polar surface area (TPSA) is 127 Å². The molecule has 41 heavy (non-hydrogen) atoms. The monoisotopic (exact) mass is 555 g/mol. The van der Waals surface area contributed by atoms with Crippen molar-refractivity contribution in [1.82, 2.24) is 15.1 Å². The Hall–Kier alpha value is -4.50. The molecule has 9 heteroatoms. The van der Waals surface area contributed by atoms with Gasteiger partial charge in [-0.15, -0.1) is 0 Å². The van der Waals surface area contributed by atoms with Gasteiger partial charge in [0.25, 0.3) is 11.8 Å². The smallest absolute Gasteiger partial charge is 0.254 e. The summed E-state index contributed by atoms with van der Waals surface area (Å²) in [5.41, 5.74) is 2.02. The van der Waals surface area contributed by atoms with E-state index in [4.69, 9.17) is 0 Å². The molecular weight excluding hydrogens is 522 g/mol. The Morgan fingerprint density at radius 3 is 2.39 bits per heavy atom. The Balaban J connectivity index is 1.38. The molecule has 0 aromatic heterocycles. The number of aromatic hydroxyl groups is 1. The number of carbonyl (C=O) groups is 4. The highest BCUT2D eigenvalue weighted by Crippen LogP contribution is 2.43. The van der Waals surface area contributed by atoms with Crippen molar-refractivity contribution in [2.75, 3.05) is 6.54 Å². The van der Waals surface area contributed by atoms with E-state index < -0.39 is 35.5 Å². The third kappa shape index (κ3) is 4.86. The largest absolute Gasteiger partial charge is 0.508 e. The lowest BCUT2D eigenvalue weighted by molar-refractivity contribution is -0.173. The lowest BCUT2D eigenvalue weighted by Gasteiger charge is -2.52. The third-order valence-electron chi connectivity index (χ3n) is 8.45. The maximum atomic E-state index is 13.7. The standard InChI is InChI=1S/C32H33N3O6/c1-19-10-7-8-13-22(19)17-35-31(41)28-32(35,3)26(37)18-34(28)30(40)27(38)24(16-21-11-5-4-6-12-21)33-29(39)23-14-9-15-25(36)20(23)2/h4-15,24,27-28,36,38H,16-18H2,1-3H3,(H,33,39)/t24?,27-,28+,32?/m0/s1. The number of aryl methyl sites for hydroxylation is 1. The second kappa shape index (κ2) is 10.8. The van der Waals surface area contributed by atoms with Crippen LogP contribution in [0.4, 0.5) is 0 Å². The highest BCUT2D eigenvalue weighted by atomic mass is 16.3. The number of phenolic OH excluding ortho intramolecular Hbond substituents is 1. The minimum Gasteiger partial charge on any atom is -0.508 e. The molecule has 5 rings (SSSR count). The van der Waals surface area contributed by atoms with Gasteiger partial charge in [-0.25, -0.2) is 0 Å². The second-order valence-corrected chi connectivity index (χ2v) is 11.0. The number of hydrogen-bond acceptors (Lipinski definition) is 6. The van der Waals surface area contributed by atoms with E-state index in [1.165, 1.54) is 17.0 Å². The minimum absolute atomic E-state index is 0.0532. The zero-order valence-electron chi connectivity index (χ0n) is 23.2. The number of aliphatic hydroxyl groups excluding tert-OH is 1. The summed E-state index contributed by atoms with van der Waals surface area (Å²) >= 11 is 0. The quantitative estimate of drug-likeness (QED) is 0.366. The molecule has 0 aliphatic carbocycles. The van der Waals surface area contributed by atoms with Crippen LogP contribution in [0.5, 0.6) is 5.75 Å². The van der Waals surface area contributed by atoms with E-state index in [9.17, 15) is 29.4 Å². The summed E-state index contributed by atoms with van der Waals surface area (Å²) in [6, 6.07) is 19.1. The van der Waals surface area contributed by atoms with Crippen molar-refractivity contribution in [3.8, 4) is 5.75 Å². The van der Waals surface area contributed by atoms with Gasteiger partial charge in [-0.2, -0.15) is 0 Å². The molecule has 4 atom stereocenters. The lowest BCUT2D eigenvalue weighted by Crippen LogP contribution is -2.76. The number of amides is 3. The molecule has 2 aliphatic rings. The number of β-lactam (4-membered cyclic amide) rings is 1. The van der Waals surface area contributed by atoms with Gasteiger partial charge in [-0.3, -0.25) is 19.2 Å². The third-order valence-corrected chi connectivity index (χ3v) is 8.45. The van der Waals surface area contributed by atoms with Gasteiger partial charge in [0.15, 0.2) is 11.9 Å². The van der Waals surface area contributed by atoms with Crippen molar-refractivity contribution < 1.29 is 29.4 Å². The molecule has 0 spiro atoms. The maximum absolute atomic E-state index is 13.7. The molecule has 2 unspecified atom stereocenters. The Bertz CT molecular complexity index is 1520. The molecule has 0 saturated carbocycles. The van der Waals surface area contributed by atoms with Crippen molar-refractivity contribution in [3.63, 3.8) is 0 Å². The number of Topliss-reactive ketones (excluding diaryl/α,β-unsaturated/α-hetero) is 1. The van der Waals surface area contributed by atoms with Gasteiger partial charge in [0.2, 0.25) is 5.91 Å². The van der Waals surface area contributed by atoms with Crippen molar-refractivity contribution in [1.29, 1.82) is 0 Å². The lowest BCUT2D eigenvalue weighted by atomic mass is 9.79. The van der Waals surface area contributed by atoms with Crippen LogP contribution in [0.25, 0.3) is 0 Å². The second-order valence-electron chi connectivity index (χ2n) is 11.0. The van der Waals surface area contributed by atoms with Crippen molar-refractivity contribution in [3.05, 3.63) is 101 Å². The Labute approximate surface area is 238 Å². The zero-order chi connectivity index (χ0) is 29.5. The first kappa shape index (κ1) is 28.0. The van der Waals surface area contributed by atoms with E-state index in [0.29, 0.717) is 5.56 Å². The Morgan fingerprint density at radius 2 is 1.68 bits per heavy atom. The van der Waals surface area contributed by atoms with Crippen molar-refractivity contribution in [2.24, 2.45) is 0 Å². The van der Waals surface area contributed by atoms with E-state index in [0.717, 1.165) is 21.6 Å². The number of rotatable bonds is 8. The fourth-order valence-electron chi connectivity index (χ4n) is 5.82.